The predicted octanol–water partition coefficient (Wildman–Crippen LogP) is 1.71. The molecule has 0 aromatic heterocycles. The highest BCUT2D eigenvalue weighted by Crippen LogP contribution is 2.29. The highest BCUT2D eigenvalue weighted by atomic mass is 16.3. The van der Waals surface area contributed by atoms with Gasteiger partial charge in [-0.15, -0.1) is 0 Å². The van der Waals surface area contributed by atoms with Gasteiger partial charge < -0.3 is 5.11 Å². The fourth-order valence-corrected chi connectivity index (χ4v) is 3.43. The van der Waals surface area contributed by atoms with Gasteiger partial charge in [-0.05, 0) is 33.7 Å². The van der Waals surface area contributed by atoms with Crippen molar-refractivity contribution >= 4 is 0 Å². The van der Waals surface area contributed by atoms with Gasteiger partial charge in [-0.1, -0.05) is 19.3 Å². The first-order chi connectivity index (χ1) is 8.00. The van der Waals surface area contributed by atoms with Crippen molar-refractivity contribution in [2.45, 2.75) is 63.6 Å². The van der Waals surface area contributed by atoms with Gasteiger partial charge in [-0.25, -0.2) is 0 Å². The molecule has 2 rings (SSSR count). The molecule has 3 nitrogen and oxygen atoms in total. The van der Waals surface area contributed by atoms with Crippen LogP contribution in [0, 0.1) is 0 Å². The van der Waals surface area contributed by atoms with E-state index >= 15 is 0 Å². The summed E-state index contributed by atoms with van der Waals surface area (Å²) < 4.78 is 0. The molecule has 2 fully saturated rings. The first-order valence-electron chi connectivity index (χ1n) is 7.17. The van der Waals surface area contributed by atoms with E-state index in [1.165, 1.54) is 19.3 Å². The molecular formula is C14H28N2O. The fourth-order valence-electron chi connectivity index (χ4n) is 3.43. The molecule has 1 N–H and O–H groups in total. The number of rotatable bonds is 2. The highest BCUT2D eigenvalue weighted by molar-refractivity contribution is 4.90. The average molecular weight is 240 g/mol. The molecule has 1 aliphatic heterocycles. The molecule has 17 heavy (non-hydrogen) atoms. The number of nitrogens with zero attached hydrogens (tertiary/aromatic N) is 2. The Kier molecular flexibility index (Phi) is 4.11. The third-order valence-corrected chi connectivity index (χ3v) is 4.74. The van der Waals surface area contributed by atoms with Gasteiger partial charge in [0, 0.05) is 31.7 Å². The summed E-state index contributed by atoms with van der Waals surface area (Å²) in [6.07, 6.45) is 5.72. The summed E-state index contributed by atoms with van der Waals surface area (Å²) in [5.74, 6) is 0. The van der Waals surface area contributed by atoms with Gasteiger partial charge in [-0.3, -0.25) is 9.80 Å². The molecule has 0 radical (unpaired) electrons. The van der Waals surface area contributed by atoms with Crippen molar-refractivity contribution in [2.75, 3.05) is 26.7 Å². The van der Waals surface area contributed by atoms with Crippen LogP contribution in [0.4, 0.5) is 0 Å². The Morgan fingerprint density at radius 3 is 2.12 bits per heavy atom. The second-order valence-corrected chi connectivity index (χ2v) is 6.34. The number of likely N-dealkylation sites (N-methyl/N-ethyl adjacent to an activating group) is 1. The van der Waals surface area contributed by atoms with Crippen LogP contribution in [0.1, 0.15) is 46.0 Å². The van der Waals surface area contributed by atoms with Crippen LogP contribution in [-0.2, 0) is 0 Å². The van der Waals surface area contributed by atoms with E-state index in [1.54, 1.807) is 0 Å². The van der Waals surface area contributed by atoms with Crippen molar-refractivity contribution in [3.8, 4) is 0 Å². The normalized spacial score (nSPS) is 36.0. The van der Waals surface area contributed by atoms with Crippen molar-refractivity contribution in [1.29, 1.82) is 0 Å². The molecule has 1 saturated heterocycles. The van der Waals surface area contributed by atoms with Gasteiger partial charge in [-0.2, -0.15) is 0 Å². The summed E-state index contributed by atoms with van der Waals surface area (Å²) in [6, 6.07) is 1.21. The Hall–Kier alpha value is -0.120. The van der Waals surface area contributed by atoms with E-state index in [9.17, 15) is 5.11 Å². The Morgan fingerprint density at radius 2 is 1.59 bits per heavy atom. The van der Waals surface area contributed by atoms with Crippen molar-refractivity contribution in [2.24, 2.45) is 0 Å². The fraction of sp³-hybridized carbons (Fsp3) is 1.00. The standard InChI is InChI=1S/C14H28N2O/c1-12-9-16(10-13(2)15(12)3)11-14(17)7-5-4-6-8-14/h12-13,17H,4-11H2,1-3H3. The lowest BCUT2D eigenvalue weighted by molar-refractivity contribution is -0.0481. The highest BCUT2D eigenvalue weighted by Gasteiger charge is 2.34. The average Bonchev–Trinajstić information content (AvgIpc) is 2.26. The minimum Gasteiger partial charge on any atom is -0.389 e. The van der Waals surface area contributed by atoms with Gasteiger partial charge in [0.2, 0.25) is 0 Å². The zero-order chi connectivity index (χ0) is 12.5. The molecule has 1 aliphatic carbocycles. The van der Waals surface area contributed by atoms with Crippen molar-refractivity contribution in [1.82, 2.24) is 9.80 Å². The van der Waals surface area contributed by atoms with E-state index in [4.69, 9.17) is 0 Å². The minimum absolute atomic E-state index is 0.395. The minimum atomic E-state index is -0.395. The quantitative estimate of drug-likeness (QED) is 0.796. The summed E-state index contributed by atoms with van der Waals surface area (Å²) in [5, 5.41) is 10.6. The lowest BCUT2D eigenvalue weighted by Crippen LogP contribution is -2.58. The second kappa shape index (κ2) is 5.25. The largest absolute Gasteiger partial charge is 0.389 e. The maximum atomic E-state index is 10.6. The van der Waals surface area contributed by atoms with Crippen LogP contribution in [0.15, 0.2) is 0 Å². The summed E-state index contributed by atoms with van der Waals surface area (Å²) in [6.45, 7) is 7.66. The number of hydrogen-bond acceptors (Lipinski definition) is 3. The van der Waals surface area contributed by atoms with Gasteiger partial charge in [0.05, 0.1) is 5.60 Å². The Labute approximate surface area is 106 Å². The van der Waals surface area contributed by atoms with E-state index < -0.39 is 5.60 Å². The number of piperazine rings is 1. The summed E-state index contributed by atoms with van der Waals surface area (Å²) in [5.41, 5.74) is -0.395. The van der Waals surface area contributed by atoms with Crippen molar-refractivity contribution < 1.29 is 5.11 Å². The van der Waals surface area contributed by atoms with Crippen LogP contribution >= 0.6 is 0 Å². The lowest BCUT2D eigenvalue weighted by atomic mass is 9.84. The molecule has 0 aromatic carbocycles. The first kappa shape index (κ1) is 13.3. The molecule has 0 amide bonds. The Morgan fingerprint density at radius 1 is 1.06 bits per heavy atom. The number of hydrogen-bond donors (Lipinski definition) is 1. The lowest BCUT2D eigenvalue weighted by Gasteiger charge is -2.45. The van der Waals surface area contributed by atoms with Crippen molar-refractivity contribution in [3.05, 3.63) is 0 Å². The Bertz CT molecular complexity index is 239. The monoisotopic (exact) mass is 240 g/mol. The molecule has 2 unspecified atom stereocenters. The molecule has 0 aromatic rings. The van der Waals surface area contributed by atoms with Gasteiger partial charge in [0.1, 0.15) is 0 Å². The van der Waals surface area contributed by atoms with Crippen molar-refractivity contribution in [3.63, 3.8) is 0 Å². The first-order valence-corrected chi connectivity index (χ1v) is 7.17. The molecule has 0 spiro atoms. The molecule has 0 bridgehead atoms. The zero-order valence-corrected chi connectivity index (χ0v) is 11.7. The molecular weight excluding hydrogens is 212 g/mol. The predicted molar refractivity (Wildman–Crippen MR) is 71.2 cm³/mol. The molecule has 2 aliphatic rings. The number of β-amino-alcohol motifs (C(OH)–C–C–N with tert-alkyl or cyclic N) is 1. The van der Waals surface area contributed by atoms with E-state index in [1.807, 2.05) is 0 Å². The van der Waals surface area contributed by atoms with Gasteiger partial charge in [0.25, 0.3) is 0 Å². The topological polar surface area (TPSA) is 26.7 Å². The maximum Gasteiger partial charge on any atom is 0.0774 e. The molecule has 2 atom stereocenters. The molecule has 100 valence electrons. The smallest absolute Gasteiger partial charge is 0.0774 e. The maximum absolute atomic E-state index is 10.6. The Balaban J connectivity index is 1.90. The van der Waals surface area contributed by atoms with Crippen LogP contribution in [0.25, 0.3) is 0 Å². The second-order valence-electron chi connectivity index (χ2n) is 6.34. The third kappa shape index (κ3) is 3.21. The van der Waals surface area contributed by atoms with Gasteiger partial charge >= 0.3 is 0 Å². The molecule has 1 saturated carbocycles. The van der Waals surface area contributed by atoms with Gasteiger partial charge in [0.15, 0.2) is 0 Å². The van der Waals surface area contributed by atoms with E-state index in [2.05, 4.69) is 30.7 Å². The molecule has 1 heterocycles. The third-order valence-electron chi connectivity index (χ3n) is 4.74. The van der Waals surface area contributed by atoms with Crippen LogP contribution < -0.4 is 0 Å². The number of aliphatic hydroxyl groups is 1. The van der Waals surface area contributed by atoms with E-state index in [-0.39, 0.29) is 0 Å². The van der Waals surface area contributed by atoms with E-state index in [0.717, 1.165) is 32.5 Å². The van der Waals surface area contributed by atoms with E-state index in [0.29, 0.717) is 12.1 Å². The van der Waals surface area contributed by atoms with Crippen LogP contribution in [0.2, 0.25) is 0 Å². The van der Waals surface area contributed by atoms with Crippen LogP contribution in [0.3, 0.4) is 0 Å². The SMILES string of the molecule is CC1CN(CC2(O)CCCCC2)CC(C)N1C. The van der Waals surface area contributed by atoms with Crippen LogP contribution in [-0.4, -0.2) is 59.3 Å². The summed E-state index contributed by atoms with van der Waals surface area (Å²) >= 11 is 0. The van der Waals surface area contributed by atoms with Crippen LogP contribution in [0.5, 0.6) is 0 Å². The summed E-state index contributed by atoms with van der Waals surface area (Å²) in [4.78, 5) is 4.92. The molecule has 3 heteroatoms. The summed E-state index contributed by atoms with van der Waals surface area (Å²) in [7, 11) is 2.21. The zero-order valence-electron chi connectivity index (χ0n) is 11.7.